The maximum atomic E-state index is 13.9. The summed E-state index contributed by atoms with van der Waals surface area (Å²) < 4.78 is 40.7. The Kier molecular flexibility index (Phi) is 3.63. The molecule has 1 aromatic carbocycles. The van der Waals surface area contributed by atoms with Crippen LogP contribution in [0.4, 0.5) is 18.9 Å². The van der Waals surface area contributed by atoms with E-state index in [9.17, 15) is 13.2 Å². The molecule has 1 heterocycles. The van der Waals surface area contributed by atoms with Crippen LogP contribution in [-0.4, -0.2) is 11.5 Å². The molecule has 1 aromatic heterocycles. The average Bonchev–Trinajstić information content (AvgIpc) is 2.36. The van der Waals surface area contributed by atoms with Crippen molar-refractivity contribution in [2.45, 2.75) is 33.1 Å². The number of aromatic nitrogens is 1. The van der Waals surface area contributed by atoms with Crippen LogP contribution in [0.1, 0.15) is 33.4 Å². The Balaban J connectivity index is 2.86. The quantitative estimate of drug-likeness (QED) is 0.827. The van der Waals surface area contributed by atoms with Crippen molar-refractivity contribution >= 4 is 16.6 Å². The Bertz CT molecular complexity index is 660. The monoisotopic (exact) mass is 282 g/mol. The fraction of sp³-hybridized carbons (Fsp3) is 0.400. The first kappa shape index (κ1) is 14.6. The van der Waals surface area contributed by atoms with Crippen LogP contribution < -0.4 is 5.32 Å². The van der Waals surface area contributed by atoms with E-state index in [1.54, 1.807) is 6.07 Å². The molecule has 2 aromatic rings. The predicted octanol–water partition coefficient (Wildman–Crippen LogP) is 4.38. The lowest BCUT2D eigenvalue weighted by molar-refractivity contribution is 0.452. The van der Waals surface area contributed by atoms with Gasteiger partial charge >= 0.3 is 0 Å². The molecule has 0 unspecified atom stereocenters. The van der Waals surface area contributed by atoms with Crippen LogP contribution in [0.25, 0.3) is 10.9 Å². The van der Waals surface area contributed by atoms with E-state index in [4.69, 9.17) is 0 Å². The summed E-state index contributed by atoms with van der Waals surface area (Å²) in [7, 11) is 0. The Morgan fingerprint density at radius 3 is 2.30 bits per heavy atom. The summed E-state index contributed by atoms with van der Waals surface area (Å²) in [5.41, 5.74) is 0.703. The zero-order valence-corrected chi connectivity index (χ0v) is 11.9. The molecule has 20 heavy (non-hydrogen) atoms. The molecule has 0 spiro atoms. The maximum Gasteiger partial charge on any atom is 0.196 e. The third-order valence-electron chi connectivity index (χ3n) is 3.08. The molecule has 0 bridgehead atoms. The van der Waals surface area contributed by atoms with Gasteiger partial charge in [0.2, 0.25) is 0 Å². The summed E-state index contributed by atoms with van der Waals surface area (Å²) in [5.74, 6) is -3.94. The summed E-state index contributed by atoms with van der Waals surface area (Å²) in [6.45, 7) is 8.24. The third kappa shape index (κ3) is 2.44. The van der Waals surface area contributed by atoms with Crippen LogP contribution in [0.2, 0.25) is 0 Å². The predicted molar refractivity (Wildman–Crippen MR) is 74.5 cm³/mol. The Morgan fingerprint density at radius 2 is 1.75 bits per heavy atom. The fourth-order valence-electron chi connectivity index (χ4n) is 1.99. The van der Waals surface area contributed by atoms with Crippen molar-refractivity contribution in [3.05, 3.63) is 35.3 Å². The van der Waals surface area contributed by atoms with Crippen molar-refractivity contribution in [1.82, 2.24) is 4.98 Å². The molecule has 1 N–H and O–H groups in total. The van der Waals surface area contributed by atoms with Gasteiger partial charge in [-0.3, -0.25) is 0 Å². The highest BCUT2D eigenvalue weighted by Gasteiger charge is 2.22. The third-order valence-corrected chi connectivity index (χ3v) is 3.08. The molecular formula is C15H17F3N2. The van der Waals surface area contributed by atoms with Crippen molar-refractivity contribution in [2.75, 3.05) is 11.9 Å². The van der Waals surface area contributed by atoms with Crippen LogP contribution in [0, 0.1) is 17.5 Å². The standard InChI is InChI=1S/C15H17F3N2/c1-5-19-10-7-11(15(2,3)4)20-14-8(10)6-9(16)12(17)13(14)18/h6-7H,5H2,1-4H3,(H,19,20). The van der Waals surface area contributed by atoms with Crippen molar-refractivity contribution in [2.24, 2.45) is 0 Å². The Morgan fingerprint density at radius 1 is 1.10 bits per heavy atom. The zero-order valence-electron chi connectivity index (χ0n) is 11.9. The second-order valence-corrected chi connectivity index (χ2v) is 5.72. The van der Waals surface area contributed by atoms with E-state index in [2.05, 4.69) is 10.3 Å². The highest BCUT2D eigenvalue weighted by molar-refractivity contribution is 5.92. The van der Waals surface area contributed by atoms with Crippen LogP contribution in [0.3, 0.4) is 0 Å². The van der Waals surface area contributed by atoms with Gasteiger partial charge in [0.25, 0.3) is 0 Å². The number of rotatable bonds is 2. The minimum absolute atomic E-state index is 0.146. The first-order valence-electron chi connectivity index (χ1n) is 6.48. The number of nitrogens with one attached hydrogen (secondary N) is 1. The number of fused-ring (bicyclic) bond motifs is 1. The van der Waals surface area contributed by atoms with E-state index >= 15 is 0 Å². The largest absolute Gasteiger partial charge is 0.385 e. The molecule has 0 fully saturated rings. The van der Waals surface area contributed by atoms with Crippen LogP contribution in [0.5, 0.6) is 0 Å². The summed E-state index contributed by atoms with van der Waals surface area (Å²) in [4.78, 5) is 4.17. The number of halogens is 3. The second kappa shape index (κ2) is 4.96. The van der Waals surface area contributed by atoms with Gasteiger partial charge in [0.15, 0.2) is 17.5 Å². The molecule has 0 saturated carbocycles. The molecule has 5 heteroatoms. The van der Waals surface area contributed by atoms with E-state index in [-0.39, 0.29) is 16.3 Å². The summed E-state index contributed by atoms with van der Waals surface area (Å²) >= 11 is 0. The SMILES string of the molecule is CCNc1cc(C(C)(C)C)nc2c(F)c(F)c(F)cc12. The van der Waals surface area contributed by atoms with Gasteiger partial charge in [-0.1, -0.05) is 20.8 Å². The molecule has 0 aliphatic carbocycles. The highest BCUT2D eigenvalue weighted by atomic mass is 19.2. The molecule has 0 aliphatic heterocycles. The number of pyridine rings is 1. The Labute approximate surface area is 116 Å². The van der Waals surface area contributed by atoms with Gasteiger partial charge in [0.05, 0.1) is 0 Å². The van der Waals surface area contributed by atoms with Crippen molar-refractivity contribution < 1.29 is 13.2 Å². The zero-order chi connectivity index (χ0) is 15.1. The lowest BCUT2D eigenvalue weighted by Gasteiger charge is -2.20. The minimum atomic E-state index is -1.49. The molecule has 0 saturated heterocycles. The molecule has 0 radical (unpaired) electrons. The highest BCUT2D eigenvalue weighted by Crippen LogP contribution is 2.32. The number of hydrogen-bond donors (Lipinski definition) is 1. The molecule has 108 valence electrons. The lowest BCUT2D eigenvalue weighted by atomic mass is 9.90. The van der Waals surface area contributed by atoms with E-state index in [1.165, 1.54) is 0 Å². The van der Waals surface area contributed by atoms with Gasteiger partial charge in [-0.25, -0.2) is 18.2 Å². The normalized spacial score (nSPS) is 11.9. The molecule has 2 nitrogen and oxygen atoms in total. The van der Waals surface area contributed by atoms with Crippen molar-refractivity contribution in [3.63, 3.8) is 0 Å². The van der Waals surface area contributed by atoms with E-state index in [0.717, 1.165) is 6.07 Å². The summed E-state index contributed by atoms with van der Waals surface area (Å²) in [6, 6.07) is 2.73. The van der Waals surface area contributed by atoms with Gasteiger partial charge in [-0.05, 0) is 19.1 Å². The molecule has 0 aliphatic rings. The molecule has 0 amide bonds. The molecule has 0 atom stereocenters. The first-order chi connectivity index (χ1) is 9.25. The van der Waals surface area contributed by atoms with E-state index in [0.29, 0.717) is 17.9 Å². The van der Waals surface area contributed by atoms with Crippen LogP contribution in [-0.2, 0) is 5.41 Å². The van der Waals surface area contributed by atoms with Gasteiger partial charge in [0.1, 0.15) is 5.52 Å². The first-order valence-corrected chi connectivity index (χ1v) is 6.48. The summed E-state index contributed by atoms with van der Waals surface area (Å²) in [5, 5.41) is 3.29. The van der Waals surface area contributed by atoms with Gasteiger partial charge in [0, 0.05) is 28.7 Å². The van der Waals surface area contributed by atoms with Crippen LogP contribution >= 0.6 is 0 Å². The van der Waals surface area contributed by atoms with Gasteiger partial charge in [-0.2, -0.15) is 0 Å². The molecule has 2 rings (SSSR count). The number of anilines is 1. The topological polar surface area (TPSA) is 24.9 Å². The minimum Gasteiger partial charge on any atom is -0.385 e. The van der Waals surface area contributed by atoms with Crippen molar-refractivity contribution in [1.29, 1.82) is 0 Å². The maximum absolute atomic E-state index is 13.9. The number of benzene rings is 1. The van der Waals surface area contributed by atoms with Gasteiger partial charge in [-0.15, -0.1) is 0 Å². The average molecular weight is 282 g/mol. The fourth-order valence-corrected chi connectivity index (χ4v) is 1.99. The lowest BCUT2D eigenvalue weighted by Crippen LogP contribution is -2.15. The van der Waals surface area contributed by atoms with Gasteiger partial charge < -0.3 is 5.32 Å². The smallest absolute Gasteiger partial charge is 0.196 e. The number of hydrogen-bond acceptors (Lipinski definition) is 2. The molecular weight excluding hydrogens is 265 g/mol. The summed E-state index contributed by atoms with van der Waals surface area (Å²) in [6.07, 6.45) is 0. The van der Waals surface area contributed by atoms with Crippen LogP contribution in [0.15, 0.2) is 12.1 Å². The number of nitrogens with zero attached hydrogens (tertiary/aromatic N) is 1. The van der Waals surface area contributed by atoms with Crippen molar-refractivity contribution in [3.8, 4) is 0 Å². The Hall–Kier alpha value is -1.78. The second-order valence-electron chi connectivity index (χ2n) is 5.72. The van der Waals surface area contributed by atoms with E-state index < -0.39 is 17.5 Å². The van der Waals surface area contributed by atoms with E-state index in [1.807, 2.05) is 27.7 Å².